The second-order valence-electron chi connectivity index (χ2n) is 7.54. The summed E-state index contributed by atoms with van der Waals surface area (Å²) in [4.78, 5) is 19.5. The molecule has 1 heterocycles. The molecule has 0 aliphatic heterocycles. The molecule has 0 amide bonds. The van der Waals surface area contributed by atoms with E-state index in [1.165, 1.54) is 18.4 Å². The quantitative estimate of drug-likeness (QED) is 0.671. The minimum Gasteiger partial charge on any atom is -0.487 e. The third-order valence-electron chi connectivity index (χ3n) is 5.19. The van der Waals surface area contributed by atoms with Crippen molar-refractivity contribution in [3.05, 3.63) is 42.2 Å². The molecule has 1 aromatic carbocycles. The Hall–Kier alpha value is -2.43. The summed E-state index contributed by atoms with van der Waals surface area (Å²) in [5, 5.41) is 8.71. The van der Waals surface area contributed by atoms with Gasteiger partial charge in [0.25, 0.3) is 0 Å². The first-order valence-corrected chi connectivity index (χ1v) is 9.90. The van der Waals surface area contributed by atoms with Crippen LogP contribution in [0.25, 0.3) is 11.4 Å². The van der Waals surface area contributed by atoms with Gasteiger partial charge in [0.15, 0.2) is 11.6 Å². The second kappa shape index (κ2) is 9.49. The van der Waals surface area contributed by atoms with Gasteiger partial charge in [-0.3, -0.25) is 4.79 Å². The number of nitrogens with zero attached hydrogens (tertiary/aromatic N) is 2. The van der Waals surface area contributed by atoms with Crippen LogP contribution in [0.1, 0.15) is 57.4 Å². The van der Waals surface area contributed by atoms with Crippen LogP contribution < -0.4 is 4.74 Å². The first-order chi connectivity index (χ1) is 13.1. The van der Waals surface area contributed by atoms with Gasteiger partial charge in [-0.15, -0.1) is 0 Å². The summed E-state index contributed by atoms with van der Waals surface area (Å²) in [7, 11) is 0. The summed E-state index contributed by atoms with van der Waals surface area (Å²) >= 11 is 0. The number of aromatic nitrogens is 2. The van der Waals surface area contributed by atoms with E-state index >= 15 is 0 Å². The standard InChI is InChI=1S/C22H28N2O3/c1-16-9-11-19(12-10-16)27-20-14-23-22(24-15-20)18-7-4-6-17(13-18)5-2-3-8-21(25)26/h4,6-7,13-16,19H,2-3,5,8-12H2,1H3,(H,25,26). The predicted octanol–water partition coefficient (Wildman–Crippen LogP) is 4.90. The molecule has 0 spiro atoms. The van der Waals surface area contributed by atoms with Gasteiger partial charge in [-0.05, 0) is 62.5 Å². The van der Waals surface area contributed by atoms with Crippen molar-refractivity contribution in [1.29, 1.82) is 0 Å². The highest BCUT2D eigenvalue weighted by Gasteiger charge is 2.19. The lowest BCUT2D eigenvalue weighted by atomic mass is 9.89. The second-order valence-corrected chi connectivity index (χ2v) is 7.54. The molecule has 5 heteroatoms. The van der Waals surface area contributed by atoms with Crippen LogP contribution in [0, 0.1) is 5.92 Å². The molecule has 27 heavy (non-hydrogen) atoms. The lowest BCUT2D eigenvalue weighted by Crippen LogP contribution is -2.23. The van der Waals surface area contributed by atoms with E-state index in [-0.39, 0.29) is 12.5 Å². The topological polar surface area (TPSA) is 72.3 Å². The zero-order valence-corrected chi connectivity index (χ0v) is 15.9. The van der Waals surface area contributed by atoms with Gasteiger partial charge in [0, 0.05) is 12.0 Å². The highest BCUT2D eigenvalue weighted by molar-refractivity contribution is 5.66. The van der Waals surface area contributed by atoms with E-state index < -0.39 is 5.97 Å². The lowest BCUT2D eigenvalue weighted by Gasteiger charge is -2.26. The Balaban J connectivity index is 1.56. The molecule has 1 aromatic heterocycles. The van der Waals surface area contributed by atoms with Crippen molar-refractivity contribution in [3.63, 3.8) is 0 Å². The largest absolute Gasteiger partial charge is 0.487 e. The monoisotopic (exact) mass is 368 g/mol. The maximum atomic E-state index is 10.6. The Morgan fingerprint density at radius 3 is 2.59 bits per heavy atom. The van der Waals surface area contributed by atoms with Gasteiger partial charge in [-0.25, -0.2) is 9.97 Å². The molecular weight excluding hydrogens is 340 g/mol. The fourth-order valence-electron chi connectivity index (χ4n) is 3.54. The lowest BCUT2D eigenvalue weighted by molar-refractivity contribution is -0.137. The first-order valence-electron chi connectivity index (χ1n) is 9.90. The Kier molecular flexibility index (Phi) is 6.80. The van der Waals surface area contributed by atoms with E-state index in [1.807, 2.05) is 12.1 Å². The minimum atomic E-state index is -0.734. The summed E-state index contributed by atoms with van der Waals surface area (Å²) < 4.78 is 6.03. The molecule has 3 rings (SSSR count). The Morgan fingerprint density at radius 2 is 1.89 bits per heavy atom. The minimum absolute atomic E-state index is 0.226. The maximum Gasteiger partial charge on any atom is 0.303 e. The Morgan fingerprint density at radius 1 is 1.15 bits per heavy atom. The van der Waals surface area contributed by atoms with Crippen LogP contribution in [-0.2, 0) is 11.2 Å². The number of hydrogen-bond acceptors (Lipinski definition) is 4. The predicted molar refractivity (Wildman–Crippen MR) is 105 cm³/mol. The number of carboxylic acids is 1. The molecule has 1 aliphatic carbocycles. The van der Waals surface area contributed by atoms with Crippen LogP contribution >= 0.6 is 0 Å². The zero-order valence-electron chi connectivity index (χ0n) is 15.9. The molecule has 2 aromatic rings. The molecule has 0 saturated heterocycles. The Labute approximate surface area is 160 Å². The number of rotatable bonds is 8. The van der Waals surface area contributed by atoms with Gasteiger partial charge in [-0.1, -0.05) is 25.1 Å². The van der Waals surface area contributed by atoms with E-state index in [0.29, 0.717) is 12.2 Å². The third kappa shape index (κ3) is 6.05. The smallest absolute Gasteiger partial charge is 0.303 e. The summed E-state index contributed by atoms with van der Waals surface area (Å²) in [6.07, 6.45) is 11.1. The molecule has 1 saturated carbocycles. The van der Waals surface area contributed by atoms with E-state index in [0.717, 1.165) is 42.9 Å². The number of carboxylic acid groups (broad SMARTS) is 1. The summed E-state index contributed by atoms with van der Waals surface area (Å²) in [6, 6.07) is 8.14. The van der Waals surface area contributed by atoms with Crippen LogP contribution in [-0.4, -0.2) is 27.1 Å². The average Bonchev–Trinajstić information content (AvgIpc) is 2.68. The van der Waals surface area contributed by atoms with Crippen LogP contribution in [0.2, 0.25) is 0 Å². The number of hydrogen-bond donors (Lipinski definition) is 1. The maximum absolute atomic E-state index is 10.6. The number of unbranched alkanes of at least 4 members (excludes halogenated alkanes) is 1. The molecule has 1 aliphatic rings. The van der Waals surface area contributed by atoms with Crippen LogP contribution in [0.4, 0.5) is 0 Å². The molecule has 1 N–H and O–H groups in total. The SMILES string of the molecule is CC1CCC(Oc2cnc(-c3cccc(CCCCC(=O)O)c3)nc2)CC1. The van der Waals surface area contributed by atoms with E-state index in [1.54, 1.807) is 12.4 Å². The molecule has 5 nitrogen and oxygen atoms in total. The average molecular weight is 368 g/mol. The number of carbonyl (C=O) groups is 1. The van der Waals surface area contributed by atoms with Crippen molar-refractivity contribution in [2.45, 2.75) is 64.4 Å². The molecular formula is C22H28N2O3. The van der Waals surface area contributed by atoms with Gasteiger partial charge in [0.2, 0.25) is 0 Å². The van der Waals surface area contributed by atoms with Crippen LogP contribution in [0.5, 0.6) is 5.75 Å². The van der Waals surface area contributed by atoms with Crippen molar-refractivity contribution in [3.8, 4) is 17.1 Å². The van der Waals surface area contributed by atoms with Gasteiger partial charge >= 0.3 is 5.97 Å². The van der Waals surface area contributed by atoms with Gasteiger partial charge in [0.1, 0.15) is 0 Å². The van der Waals surface area contributed by atoms with Crippen LogP contribution in [0.3, 0.4) is 0 Å². The molecule has 0 unspecified atom stereocenters. The fraction of sp³-hybridized carbons (Fsp3) is 0.500. The first kappa shape index (κ1) is 19.3. The van der Waals surface area contributed by atoms with E-state index in [4.69, 9.17) is 9.84 Å². The molecule has 0 atom stereocenters. The highest BCUT2D eigenvalue weighted by Crippen LogP contribution is 2.27. The van der Waals surface area contributed by atoms with Gasteiger partial charge in [0.05, 0.1) is 18.5 Å². The highest BCUT2D eigenvalue weighted by atomic mass is 16.5. The van der Waals surface area contributed by atoms with E-state index in [9.17, 15) is 4.79 Å². The van der Waals surface area contributed by atoms with Crippen molar-refractivity contribution in [2.24, 2.45) is 5.92 Å². The number of benzene rings is 1. The normalized spacial score (nSPS) is 19.6. The molecule has 0 radical (unpaired) electrons. The fourth-order valence-corrected chi connectivity index (χ4v) is 3.54. The Bertz CT molecular complexity index is 737. The van der Waals surface area contributed by atoms with Crippen LogP contribution in [0.15, 0.2) is 36.7 Å². The van der Waals surface area contributed by atoms with Crippen molar-refractivity contribution < 1.29 is 14.6 Å². The van der Waals surface area contributed by atoms with Crippen molar-refractivity contribution in [1.82, 2.24) is 9.97 Å². The summed E-state index contributed by atoms with van der Waals surface area (Å²) in [6.45, 7) is 2.30. The third-order valence-corrected chi connectivity index (χ3v) is 5.19. The summed E-state index contributed by atoms with van der Waals surface area (Å²) in [5.74, 6) is 1.50. The molecule has 1 fully saturated rings. The number of aliphatic carboxylic acids is 1. The summed E-state index contributed by atoms with van der Waals surface area (Å²) in [5.41, 5.74) is 2.15. The number of ether oxygens (including phenoxy) is 1. The van der Waals surface area contributed by atoms with Crippen molar-refractivity contribution in [2.75, 3.05) is 0 Å². The van der Waals surface area contributed by atoms with E-state index in [2.05, 4.69) is 29.0 Å². The molecule has 144 valence electrons. The zero-order chi connectivity index (χ0) is 19.1. The number of aryl methyl sites for hydroxylation is 1. The molecule has 0 bridgehead atoms. The van der Waals surface area contributed by atoms with Gasteiger partial charge in [-0.2, -0.15) is 0 Å². The van der Waals surface area contributed by atoms with Crippen molar-refractivity contribution >= 4 is 5.97 Å². The van der Waals surface area contributed by atoms with Gasteiger partial charge < -0.3 is 9.84 Å².